The predicted octanol–water partition coefficient (Wildman–Crippen LogP) is 3.39. The molecule has 0 radical (unpaired) electrons. The predicted molar refractivity (Wildman–Crippen MR) is 73.2 cm³/mol. The maximum atomic E-state index is 11.1. The van der Waals surface area contributed by atoms with E-state index >= 15 is 0 Å². The minimum atomic E-state index is -0.322. The van der Waals surface area contributed by atoms with Gasteiger partial charge in [-0.15, -0.1) is 0 Å². The zero-order valence-corrected chi connectivity index (χ0v) is 11.4. The van der Waals surface area contributed by atoms with Gasteiger partial charge in [0.1, 0.15) is 17.3 Å². The molecule has 0 saturated carbocycles. The van der Waals surface area contributed by atoms with Crippen LogP contribution in [0.25, 0.3) is 0 Å². The smallest absolute Gasteiger partial charge is 0.330 e. The fourth-order valence-corrected chi connectivity index (χ4v) is 1.66. The molecule has 19 heavy (non-hydrogen) atoms. The van der Waals surface area contributed by atoms with Crippen molar-refractivity contribution < 1.29 is 19.4 Å². The van der Waals surface area contributed by atoms with Crippen molar-refractivity contribution in [2.45, 2.75) is 26.7 Å². The molecule has 1 unspecified atom stereocenters. The van der Waals surface area contributed by atoms with E-state index in [9.17, 15) is 9.90 Å². The zero-order chi connectivity index (χ0) is 14.3. The van der Waals surface area contributed by atoms with E-state index in [4.69, 9.17) is 9.47 Å². The molecule has 104 valence electrons. The van der Waals surface area contributed by atoms with E-state index in [0.717, 1.165) is 12.8 Å². The molecular formula is C15H20O4. The topological polar surface area (TPSA) is 55.8 Å². The van der Waals surface area contributed by atoms with Crippen molar-refractivity contribution in [3.05, 3.63) is 48.2 Å². The number of aliphatic hydroxyl groups is 1. The molecule has 0 fully saturated rings. The van der Waals surface area contributed by atoms with Crippen LogP contribution in [0.15, 0.2) is 48.2 Å². The number of carbonyl (C=O) groups excluding carboxylic acids is 1. The Balaban J connectivity index is 2.40. The number of ether oxygens (including phenoxy) is 2. The number of hydrogen-bond acceptors (Lipinski definition) is 4. The molecule has 1 atom stereocenters. The Labute approximate surface area is 113 Å². The lowest BCUT2D eigenvalue weighted by Gasteiger charge is -2.19. The maximum absolute atomic E-state index is 11.1. The van der Waals surface area contributed by atoms with Crippen LogP contribution < -0.4 is 0 Å². The van der Waals surface area contributed by atoms with Gasteiger partial charge < -0.3 is 14.6 Å². The highest BCUT2D eigenvalue weighted by atomic mass is 16.5. The molecule has 1 heterocycles. The number of hydrogen-bond donors (Lipinski definition) is 1. The van der Waals surface area contributed by atoms with Crippen LogP contribution in [-0.2, 0) is 14.3 Å². The summed E-state index contributed by atoms with van der Waals surface area (Å²) in [6.45, 7) is 7.81. The number of rotatable bonds is 6. The fourth-order valence-electron chi connectivity index (χ4n) is 1.66. The van der Waals surface area contributed by atoms with E-state index in [1.54, 1.807) is 19.1 Å². The van der Waals surface area contributed by atoms with Crippen molar-refractivity contribution >= 4 is 5.97 Å². The van der Waals surface area contributed by atoms with Crippen LogP contribution in [0.5, 0.6) is 0 Å². The molecule has 0 bridgehead atoms. The number of carbonyl (C=O) groups is 1. The van der Waals surface area contributed by atoms with Gasteiger partial charge in [0, 0.05) is 24.1 Å². The second-order valence-corrected chi connectivity index (χ2v) is 4.32. The summed E-state index contributed by atoms with van der Waals surface area (Å²) in [5.41, 5.74) is 0. The van der Waals surface area contributed by atoms with Crippen molar-refractivity contribution in [1.29, 1.82) is 0 Å². The van der Waals surface area contributed by atoms with Crippen LogP contribution in [-0.4, -0.2) is 17.7 Å². The first-order chi connectivity index (χ1) is 9.02. The van der Waals surface area contributed by atoms with Crippen LogP contribution >= 0.6 is 0 Å². The first kappa shape index (κ1) is 15.1. The van der Waals surface area contributed by atoms with Gasteiger partial charge in [-0.3, -0.25) is 0 Å². The maximum Gasteiger partial charge on any atom is 0.330 e. The monoisotopic (exact) mass is 264 g/mol. The second-order valence-electron chi connectivity index (χ2n) is 4.32. The van der Waals surface area contributed by atoms with Gasteiger partial charge in [0.2, 0.25) is 0 Å². The second kappa shape index (κ2) is 7.46. The quantitative estimate of drug-likeness (QED) is 0.590. The standard InChI is InChI=1S/C15H20O4/c1-4-18-15(17)8-6-5-7-11(2)14-10-13(16)9-12(3)19-14/h6,8-11,16H,3-5,7H2,1-2H3/b8-6+. The number of esters is 1. The van der Waals surface area contributed by atoms with E-state index in [2.05, 4.69) is 6.58 Å². The van der Waals surface area contributed by atoms with Crippen LogP contribution in [0.1, 0.15) is 26.7 Å². The van der Waals surface area contributed by atoms with Crippen molar-refractivity contribution in [2.75, 3.05) is 6.61 Å². The van der Waals surface area contributed by atoms with Gasteiger partial charge in [-0.1, -0.05) is 19.6 Å². The summed E-state index contributed by atoms with van der Waals surface area (Å²) in [6.07, 6.45) is 7.82. The van der Waals surface area contributed by atoms with Crippen molar-refractivity contribution in [1.82, 2.24) is 0 Å². The molecule has 0 amide bonds. The van der Waals surface area contributed by atoms with E-state index in [-0.39, 0.29) is 17.6 Å². The zero-order valence-electron chi connectivity index (χ0n) is 11.4. The molecule has 0 aromatic rings. The van der Waals surface area contributed by atoms with Crippen LogP contribution in [0.4, 0.5) is 0 Å². The van der Waals surface area contributed by atoms with Gasteiger partial charge >= 0.3 is 5.97 Å². The molecule has 1 aliphatic heterocycles. The molecule has 0 aliphatic carbocycles. The largest absolute Gasteiger partial charge is 0.508 e. The molecule has 0 spiro atoms. The molecule has 4 nitrogen and oxygen atoms in total. The Morgan fingerprint density at radius 1 is 1.58 bits per heavy atom. The number of allylic oxidation sites excluding steroid dienone is 4. The molecule has 1 rings (SSSR count). The lowest BCUT2D eigenvalue weighted by Crippen LogP contribution is -2.07. The summed E-state index contributed by atoms with van der Waals surface area (Å²) < 4.78 is 10.2. The molecule has 0 aromatic heterocycles. The minimum absolute atomic E-state index is 0.138. The SMILES string of the molecule is C=C1C=C(O)C=C(C(C)CC/C=C/C(=O)OCC)O1. The van der Waals surface area contributed by atoms with Gasteiger partial charge in [0.25, 0.3) is 0 Å². The van der Waals surface area contributed by atoms with E-state index in [1.165, 1.54) is 12.2 Å². The average Bonchev–Trinajstić information content (AvgIpc) is 2.33. The third kappa shape index (κ3) is 5.46. The summed E-state index contributed by atoms with van der Waals surface area (Å²) in [6, 6.07) is 0. The third-order valence-electron chi connectivity index (χ3n) is 2.64. The number of aliphatic hydroxyl groups excluding tert-OH is 1. The lowest BCUT2D eigenvalue weighted by molar-refractivity contribution is -0.137. The normalized spacial score (nSPS) is 16.6. The average molecular weight is 264 g/mol. The molecule has 1 aliphatic rings. The van der Waals surface area contributed by atoms with Crippen LogP contribution in [0.2, 0.25) is 0 Å². The molecule has 0 saturated heterocycles. The Morgan fingerprint density at radius 2 is 2.32 bits per heavy atom. The minimum Gasteiger partial charge on any atom is -0.508 e. The Bertz CT molecular complexity index is 429. The summed E-state index contributed by atoms with van der Waals surface area (Å²) in [5, 5.41) is 9.47. The van der Waals surface area contributed by atoms with Crippen molar-refractivity contribution in [3.8, 4) is 0 Å². The fraction of sp³-hybridized carbons (Fsp3) is 0.400. The first-order valence-electron chi connectivity index (χ1n) is 6.35. The van der Waals surface area contributed by atoms with E-state index in [0.29, 0.717) is 18.1 Å². The summed E-state index contributed by atoms with van der Waals surface area (Å²) in [5.74, 6) is 1.09. The van der Waals surface area contributed by atoms with Crippen LogP contribution in [0.3, 0.4) is 0 Å². The summed E-state index contributed by atoms with van der Waals surface area (Å²) in [7, 11) is 0. The molecule has 1 N–H and O–H groups in total. The molecular weight excluding hydrogens is 244 g/mol. The highest BCUT2D eigenvalue weighted by Gasteiger charge is 2.15. The highest BCUT2D eigenvalue weighted by molar-refractivity contribution is 5.81. The first-order valence-corrected chi connectivity index (χ1v) is 6.35. The van der Waals surface area contributed by atoms with Gasteiger partial charge in [-0.25, -0.2) is 4.79 Å². The molecule has 4 heteroatoms. The Hall–Kier alpha value is -1.97. The van der Waals surface area contributed by atoms with E-state index < -0.39 is 0 Å². The van der Waals surface area contributed by atoms with Gasteiger partial charge in [-0.2, -0.15) is 0 Å². The lowest BCUT2D eigenvalue weighted by atomic mass is 10.0. The van der Waals surface area contributed by atoms with Crippen molar-refractivity contribution in [2.24, 2.45) is 5.92 Å². The van der Waals surface area contributed by atoms with Crippen molar-refractivity contribution in [3.63, 3.8) is 0 Å². The van der Waals surface area contributed by atoms with Gasteiger partial charge in [0.15, 0.2) is 0 Å². The third-order valence-corrected chi connectivity index (χ3v) is 2.64. The van der Waals surface area contributed by atoms with Crippen LogP contribution in [0, 0.1) is 5.92 Å². The van der Waals surface area contributed by atoms with E-state index in [1.807, 2.05) is 6.92 Å². The highest BCUT2D eigenvalue weighted by Crippen LogP contribution is 2.25. The summed E-state index contributed by atoms with van der Waals surface area (Å²) in [4.78, 5) is 11.1. The van der Waals surface area contributed by atoms with Gasteiger partial charge in [0.05, 0.1) is 6.61 Å². The Kier molecular flexibility index (Phi) is 5.93. The molecule has 0 aromatic carbocycles. The Morgan fingerprint density at radius 3 is 2.95 bits per heavy atom. The summed E-state index contributed by atoms with van der Waals surface area (Å²) >= 11 is 0. The van der Waals surface area contributed by atoms with Gasteiger partial charge in [-0.05, 0) is 19.8 Å².